The van der Waals surface area contributed by atoms with Crippen LogP contribution in [0.2, 0.25) is 5.02 Å². The lowest BCUT2D eigenvalue weighted by Crippen LogP contribution is -2.46. The molecule has 0 bridgehead atoms. The molecule has 102 valence electrons. The molecule has 1 atom stereocenters. The molecule has 0 amide bonds. The van der Waals surface area contributed by atoms with Crippen LogP contribution in [-0.4, -0.2) is 28.8 Å². The number of aldehydes is 1. The Hall–Kier alpha value is -2.32. The molecule has 20 heavy (non-hydrogen) atoms. The number of aliphatic carboxylic acids is 1. The Morgan fingerprint density at radius 3 is 2.60 bits per heavy atom. The lowest BCUT2D eigenvalue weighted by molar-refractivity contribution is -0.146. The first kappa shape index (κ1) is 14.1. The monoisotopic (exact) mass is 290 g/mol. The second-order valence-electron chi connectivity index (χ2n) is 4.35. The van der Waals surface area contributed by atoms with Crippen LogP contribution in [0.3, 0.4) is 0 Å². The molecule has 0 radical (unpaired) electrons. The molecule has 0 aromatic heterocycles. The number of hydrogen-bond donors (Lipinski definition) is 1. The van der Waals surface area contributed by atoms with Gasteiger partial charge in [-0.15, -0.1) is 0 Å². The number of carboxylic acids is 1. The maximum Gasteiger partial charge on any atom is 0.339 e. The van der Waals surface area contributed by atoms with Gasteiger partial charge in [0.15, 0.2) is 11.7 Å². The van der Waals surface area contributed by atoms with E-state index in [2.05, 4.69) is 0 Å². The van der Waals surface area contributed by atoms with E-state index in [-0.39, 0.29) is 6.54 Å². The average Bonchev–Trinajstić information content (AvgIpc) is 2.79. The second kappa shape index (κ2) is 5.35. The zero-order valence-corrected chi connectivity index (χ0v) is 11.2. The Bertz CT molecular complexity index is 618. The Morgan fingerprint density at radius 1 is 1.45 bits per heavy atom. The number of nitrogens with zero attached hydrogens (tertiary/aromatic N) is 2. The van der Waals surface area contributed by atoms with Crippen molar-refractivity contribution >= 4 is 23.9 Å². The first-order valence-electron chi connectivity index (χ1n) is 5.89. The molecule has 1 unspecified atom stereocenters. The number of likely N-dealkylation sites (tertiary alicyclic amines) is 1. The van der Waals surface area contributed by atoms with Crippen molar-refractivity contribution in [1.82, 2.24) is 4.90 Å². The summed E-state index contributed by atoms with van der Waals surface area (Å²) in [6.07, 6.45) is 4.02. The molecule has 0 saturated carbocycles. The molecule has 1 fully saturated rings. The van der Waals surface area contributed by atoms with Gasteiger partial charge in [0.2, 0.25) is 0 Å². The van der Waals surface area contributed by atoms with Crippen LogP contribution in [0.25, 0.3) is 0 Å². The molecule has 1 N–H and O–H groups in total. The van der Waals surface area contributed by atoms with E-state index < -0.39 is 11.5 Å². The van der Waals surface area contributed by atoms with Gasteiger partial charge in [-0.1, -0.05) is 23.7 Å². The van der Waals surface area contributed by atoms with Crippen molar-refractivity contribution in [3.8, 4) is 6.19 Å². The van der Waals surface area contributed by atoms with Crippen LogP contribution in [0.5, 0.6) is 0 Å². The number of hydrogen-bond acceptors (Lipinski definition) is 4. The Kier molecular flexibility index (Phi) is 3.77. The normalized spacial score (nSPS) is 23.6. The van der Waals surface area contributed by atoms with E-state index in [0.29, 0.717) is 28.9 Å². The van der Waals surface area contributed by atoms with Gasteiger partial charge in [0.05, 0.1) is 0 Å². The number of nitriles is 1. The molecule has 1 aliphatic heterocycles. The van der Waals surface area contributed by atoms with Gasteiger partial charge < -0.3 is 5.11 Å². The maximum absolute atomic E-state index is 11.9. The molecule has 0 aliphatic carbocycles. The number of benzene rings is 1. The Labute approximate surface area is 120 Å². The summed E-state index contributed by atoms with van der Waals surface area (Å²) in [6, 6.07) is 6.25. The summed E-state index contributed by atoms with van der Waals surface area (Å²) in [6.45, 7) is 0.255. The van der Waals surface area contributed by atoms with E-state index >= 15 is 0 Å². The Morgan fingerprint density at radius 2 is 2.10 bits per heavy atom. The van der Waals surface area contributed by atoms with E-state index in [0.717, 1.165) is 0 Å². The highest BCUT2D eigenvalue weighted by Gasteiger charge is 2.53. The van der Waals surface area contributed by atoms with Crippen LogP contribution < -0.4 is 0 Å². The zero-order valence-electron chi connectivity index (χ0n) is 10.4. The highest BCUT2D eigenvalue weighted by atomic mass is 35.5. The first-order chi connectivity index (χ1) is 9.57. The van der Waals surface area contributed by atoms with E-state index in [4.69, 9.17) is 11.6 Å². The van der Waals surface area contributed by atoms with Crippen molar-refractivity contribution in [2.24, 2.45) is 0 Å². The number of carboxylic acid groups (broad SMARTS) is 1. The molecule has 1 aromatic carbocycles. The molecule has 2 rings (SSSR count). The molecular weight excluding hydrogens is 280 g/mol. The predicted molar refractivity (Wildman–Crippen MR) is 71.8 cm³/mol. The van der Waals surface area contributed by atoms with Crippen LogP contribution in [0.1, 0.15) is 12.0 Å². The van der Waals surface area contributed by atoms with Gasteiger partial charge in [0.25, 0.3) is 0 Å². The molecular formula is C14H11ClN2O3. The summed E-state index contributed by atoms with van der Waals surface area (Å²) in [5.41, 5.74) is -0.828. The van der Waals surface area contributed by atoms with Crippen molar-refractivity contribution in [3.05, 3.63) is 46.5 Å². The lowest BCUT2D eigenvalue weighted by Gasteiger charge is -2.32. The van der Waals surface area contributed by atoms with Crippen molar-refractivity contribution in [2.45, 2.75) is 12.0 Å². The van der Waals surface area contributed by atoms with Gasteiger partial charge >= 0.3 is 5.97 Å². The summed E-state index contributed by atoms with van der Waals surface area (Å²) in [7, 11) is 0. The van der Waals surface area contributed by atoms with Gasteiger partial charge in [-0.2, -0.15) is 5.26 Å². The van der Waals surface area contributed by atoms with Crippen molar-refractivity contribution in [2.75, 3.05) is 6.54 Å². The molecule has 0 spiro atoms. The predicted octanol–water partition coefficient (Wildman–Crippen LogP) is 1.93. The number of allylic oxidation sites excluding steroid dienone is 1. The standard InChI is InChI=1S/C14H11ClN2O3/c15-12-3-1-10(2-4-12)14(13(19)20)11(6-8-18)5-7-17(14)9-16/h1-4,6,8H,5,7H2,(H,19,20). The fourth-order valence-electron chi connectivity index (χ4n) is 2.57. The third kappa shape index (κ3) is 1.95. The largest absolute Gasteiger partial charge is 0.479 e. The third-order valence-electron chi connectivity index (χ3n) is 3.44. The average molecular weight is 291 g/mol. The van der Waals surface area contributed by atoms with Crippen molar-refractivity contribution in [3.63, 3.8) is 0 Å². The molecule has 1 saturated heterocycles. The summed E-state index contributed by atoms with van der Waals surface area (Å²) in [5, 5.41) is 19.4. The highest BCUT2D eigenvalue weighted by Crippen LogP contribution is 2.43. The van der Waals surface area contributed by atoms with E-state index in [1.54, 1.807) is 24.3 Å². The number of carbonyl (C=O) groups excluding carboxylic acids is 1. The molecule has 1 aromatic rings. The Balaban J connectivity index is 2.71. The van der Waals surface area contributed by atoms with Gasteiger partial charge in [0, 0.05) is 11.6 Å². The van der Waals surface area contributed by atoms with Gasteiger partial charge in [-0.3, -0.25) is 9.69 Å². The first-order valence-corrected chi connectivity index (χ1v) is 6.26. The fourth-order valence-corrected chi connectivity index (χ4v) is 2.70. The molecule has 1 heterocycles. The SMILES string of the molecule is N#CN1CCC(=CC=O)C1(C(=O)O)c1ccc(Cl)cc1. The third-order valence-corrected chi connectivity index (χ3v) is 3.69. The van der Waals surface area contributed by atoms with Gasteiger partial charge in [0.1, 0.15) is 6.29 Å². The van der Waals surface area contributed by atoms with Crippen LogP contribution in [0.4, 0.5) is 0 Å². The minimum Gasteiger partial charge on any atom is -0.479 e. The molecule has 1 aliphatic rings. The minimum atomic E-state index is -1.62. The summed E-state index contributed by atoms with van der Waals surface area (Å²) in [4.78, 5) is 23.8. The van der Waals surface area contributed by atoms with Gasteiger partial charge in [-0.05, 0) is 35.8 Å². The van der Waals surface area contributed by atoms with Crippen LogP contribution in [0, 0.1) is 11.5 Å². The second-order valence-corrected chi connectivity index (χ2v) is 4.79. The minimum absolute atomic E-state index is 0.255. The number of halogens is 1. The summed E-state index contributed by atoms with van der Waals surface area (Å²) in [5.74, 6) is -1.19. The van der Waals surface area contributed by atoms with E-state index in [1.807, 2.05) is 6.19 Å². The number of rotatable bonds is 3. The van der Waals surface area contributed by atoms with Crippen molar-refractivity contribution < 1.29 is 14.7 Å². The summed E-state index contributed by atoms with van der Waals surface area (Å²) >= 11 is 5.81. The lowest BCUT2D eigenvalue weighted by atomic mass is 9.83. The fraction of sp³-hybridized carbons (Fsp3) is 0.214. The molecule has 6 heteroatoms. The van der Waals surface area contributed by atoms with Crippen LogP contribution >= 0.6 is 11.6 Å². The summed E-state index contributed by atoms with van der Waals surface area (Å²) < 4.78 is 0. The quantitative estimate of drug-likeness (QED) is 0.522. The topological polar surface area (TPSA) is 81.4 Å². The van der Waals surface area contributed by atoms with E-state index in [9.17, 15) is 20.0 Å². The van der Waals surface area contributed by atoms with Crippen LogP contribution in [0.15, 0.2) is 35.9 Å². The molecule has 5 nitrogen and oxygen atoms in total. The number of carbonyl (C=O) groups is 2. The van der Waals surface area contributed by atoms with E-state index in [1.165, 1.54) is 11.0 Å². The highest BCUT2D eigenvalue weighted by molar-refractivity contribution is 6.30. The van der Waals surface area contributed by atoms with Crippen molar-refractivity contribution in [1.29, 1.82) is 5.26 Å². The van der Waals surface area contributed by atoms with Crippen LogP contribution in [-0.2, 0) is 15.1 Å². The maximum atomic E-state index is 11.9. The zero-order chi connectivity index (χ0) is 14.8. The van der Waals surface area contributed by atoms with Gasteiger partial charge in [-0.25, -0.2) is 4.79 Å². The smallest absolute Gasteiger partial charge is 0.339 e.